The number of fused-ring (bicyclic) bond motifs is 1. The van der Waals surface area contributed by atoms with Crippen molar-refractivity contribution in [1.29, 1.82) is 0 Å². The van der Waals surface area contributed by atoms with Crippen molar-refractivity contribution in [2.75, 3.05) is 5.75 Å². The Labute approximate surface area is 167 Å². The van der Waals surface area contributed by atoms with Gasteiger partial charge in [0.1, 0.15) is 5.15 Å². The molecule has 1 aliphatic heterocycles. The number of benzene rings is 1. The number of pyridine rings is 1. The Balaban J connectivity index is 1.87. The number of hydrogen-bond donors (Lipinski definition) is 1. The van der Waals surface area contributed by atoms with Crippen LogP contribution < -0.4 is 5.43 Å². The van der Waals surface area contributed by atoms with E-state index in [1.807, 2.05) is 54.8 Å². The lowest BCUT2D eigenvalue weighted by atomic mass is 10.0. The molecule has 140 valence electrons. The van der Waals surface area contributed by atoms with Gasteiger partial charge >= 0.3 is 0 Å². The fourth-order valence-corrected chi connectivity index (χ4v) is 5.11. The van der Waals surface area contributed by atoms with Crippen LogP contribution in [0, 0.1) is 6.92 Å². The number of thiophene rings is 1. The minimum atomic E-state index is -3.51. The first-order valence-electron chi connectivity index (χ1n) is 8.50. The molecule has 27 heavy (non-hydrogen) atoms. The van der Waals surface area contributed by atoms with Crippen molar-refractivity contribution < 1.29 is 8.42 Å². The van der Waals surface area contributed by atoms with Gasteiger partial charge in [0.15, 0.2) is 0 Å². The molecule has 5 nitrogen and oxygen atoms in total. The average Bonchev–Trinajstić information content (AvgIpc) is 3.31. The zero-order valence-electron chi connectivity index (χ0n) is 14.8. The van der Waals surface area contributed by atoms with Gasteiger partial charge in [-0.1, -0.05) is 29.3 Å². The third-order valence-corrected chi connectivity index (χ3v) is 7.38. The molecular weight excluding hydrogens is 402 g/mol. The van der Waals surface area contributed by atoms with Crippen molar-refractivity contribution in [2.24, 2.45) is 0 Å². The maximum atomic E-state index is 12.7. The first kappa shape index (κ1) is 18.4. The van der Waals surface area contributed by atoms with Gasteiger partial charge in [-0.2, -0.15) is 0 Å². The predicted octanol–water partition coefficient (Wildman–Crippen LogP) is 4.51. The van der Waals surface area contributed by atoms with Crippen molar-refractivity contribution in [1.82, 2.24) is 14.8 Å². The predicted molar refractivity (Wildman–Crippen MR) is 111 cm³/mol. The van der Waals surface area contributed by atoms with E-state index in [1.165, 1.54) is 4.41 Å². The second kappa shape index (κ2) is 6.91. The van der Waals surface area contributed by atoms with Crippen LogP contribution in [0.5, 0.6) is 0 Å². The zero-order valence-corrected chi connectivity index (χ0v) is 17.2. The Morgan fingerprint density at radius 1 is 1.30 bits per heavy atom. The summed E-state index contributed by atoms with van der Waals surface area (Å²) in [7, 11) is -3.51. The lowest BCUT2D eigenvalue weighted by Crippen LogP contribution is -2.40. The lowest BCUT2D eigenvalue weighted by molar-refractivity contribution is 0.348. The maximum absolute atomic E-state index is 12.7. The van der Waals surface area contributed by atoms with Gasteiger partial charge in [0.25, 0.3) is 0 Å². The van der Waals surface area contributed by atoms with E-state index in [0.717, 1.165) is 27.0 Å². The van der Waals surface area contributed by atoms with E-state index in [9.17, 15) is 8.42 Å². The number of halogens is 1. The molecule has 8 heteroatoms. The highest BCUT2D eigenvalue weighted by Gasteiger charge is 2.36. The van der Waals surface area contributed by atoms with Gasteiger partial charge in [-0.3, -0.25) is 0 Å². The average molecular weight is 420 g/mol. The lowest BCUT2D eigenvalue weighted by Gasteiger charge is -2.24. The molecule has 3 aromatic rings. The second-order valence-corrected chi connectivity index (χ2v) is 9.82. The number of nitrogens with one attached hydrogen (secondary N) is 1. The van der Waals surface area contributed by atoms with Gasteiger partial charge in [0.2, 0.25) is 10.0 Å². The molecule has 0 amide bonds. The molecule has 0 saturated heterocycles. The van der Waals surface area contributed by atoms with Gasteiger partial charge < -0.3 is 5.43 Å². The largest absolute Gasteiger partial charge is 0.304 e. The summed E-state index contributed by atoms with van der Waals surface area (Å²) in [6.45, 7) is 3.63. The topological polar surface area (TPSA) is 62.3 Å². The third kappa shape index (κ3) is 3.36. The minimum Gasteiger partial charge on any atom is -0.304 e. The van der Waals surface area contributed by atoms with Gasteiger partial charge in [-0.05, 0) is 49.6 Å². The molecular formula is C19H18ClN3O2S2. The monoisotopic (exact) mass is 419 g/mol. The number of nitrogens with zero attached hydrogens (tertiary/aromatic N) is 2. The molecule has 0 fully saturated rings. The van der Waals surface area contributed by atoms with Crippen LogP contribution in [-0.4, -0.2) is 23.6 Å². The summed E-state index contributed by atoms with van der Waals surface area (Å²) >= 11 is 8.01. The van der Waals surface area contributed by atoms with Crippen molar-refractivity contribution in [3.63, 3.8) is 0 Å². The summed E-state index contributed by atoms with van der Waals surface area (Å²) in [5, 5.41) is 3.19. The standard InChI is InChI=1S/C19H18ClN3O2S2/c1-3-27(24,25)23-17(11-16(22-23)18-5-4-8-26-18)14-10-13-9-12(2)6-7-15(13)21-19(14)20/h4-11,17,22H,3H2,1-2H3/t17-/m0/s1. The summed E-state index contributed by atoms with van der Waals surface area (Å²) in [5.41, 5.74) is 6.36. The zero-order chi connectivity index (χ0) is 19.2. The third-order valence-electron chi connectivity index (χ3n) is 4.53. The fraction of sp³-hybridized carbons (Fsp3) is 0.211. The van der Waals surface area contributed by atoms with E-state index in [0.29, 0.717) is 10.7 Å². The van der Waals surface area contributed by atoms with Crippen LogP contribution >= 0.6 is 22.9 Å². The summed E-state index contributed by atoms with van der Waals surface area (Å²) < 4.78 is 26.7. The van der Waals surface area contributed by atoms with E-state index < -0.39 is 16.1 Å². The Kier molecular flexibility index (Phi) is 4.71. The van der Waals surface area contributed by atoms with Crippen LogP contribution in [0.15, 0.2) is 47.9 Å². The van der Waals surface area contributed by atoms with Crippen LogP contribution in [0.2, 0.25) is 5.15 Å². The van der Waals surface area contributed by atoms with E-state index in [-0.39, 0.29) is 5.75 Å². The molecule has 0 saturated carbocycles. The van der Waals surface area contributed by atoms with Crippen LogP contribution in [0.3, 0.4) is 0 Å². The summed E-state index contributed by atoms with van der Waals surface area (Å²) in [4.78, 5) is 5.45. The Hall–Kier alpha value is -1.93. The van der Waals surface area contributed by atoms with Crippen molar-refractivity contribution in [2.45, 2.75) is 19.9 Å². The minimum absolute atomic E-state index is 0.0141. The molecule has 1 atom stereocenters. The molecule has 1 aliphatic rings. The Morgan fingerprint density at radius 3 is 2.81 bits per heavy atom. The van der Waals surface area contributed by atoms with Crippen molar-refractivity contribution >= 4 is 49.6 Å². The van der Waals surface area contributed by atoms with Gasteiger partial charge in [0.05, 0.1) is 27.9 Å². The number of rotatable bonds is 4. The van der Waals surface area contributed by atoms with Crippen LogP contribution in [0.1, 0.15) is 29.0 Å². The van der Waals surface area contributed by atoms with Gasteiger partial charge in [-0.15, -0.1) is 15.8 Å². The number of hydrogen-bond acceptors (Lipinski definition) is 5. The Morgan fingerprint density at radius 2 is 2.11 bits per heavy atom. The number of hydrazine groups is 1. The quantitative estimate of drug-likeness (QED) is 0.632. The van der Waals surface area contributed by atoms with E-state index in [1.54, 1.807) is 18.3 Å². The smallest absolute Gasteiger partial charge is 0.231 e. The maximum Gasteiger partial charge on any atom is 0.231 e. The first-order valence-corrected chi connectivity index (χ1v) is 11.4. The number of aryl methyl sites for hydroxylation is 1. The second-order valence-electron chi connectivity index (χ2n) is 6.38. The Bertz CT molecular complexity index is 1140. The summed E-state index contributed by atoms with van der Waals surface area (Å²) in [5.74, 6) is -0.0141. The highest BCUT2D eigenvalue weighted by Crippen LogP contribution is 2.38. The molecule has 1 N–H and O–H groups in total. The van der Waals surface area contributed by atoms with Crippen molar-refractivity contribution in [3.05, 3.63) is 69.0 Å². The van der Waals surface area contributed by atoms with Gasteiger partial charge in [-0.25, -0.2) is 13.4 Å². The number of sulfonamides is 1. The molecule has 0 unspecified atom stereocenters. The first-order chi connectivity index (χ1) is 12.9. The molecule has 0 radical (unpaired) electrons. The van der Waals surface area contributed by atoms with E-state index >= 15 is 0 Å². The van der Waals surface area contributed by atoms with Gasteiger partial charge in [0, 0.05) is 10.9 Å². The molecule has 0 aliphatic carbocycles. The molecule has 4 rings (SSSR count). The van der Waals surface area contributed by atoms with Crippen LogP contribution in [0.4, 0.5) is 0 Å². The SMILES string of the molecule is CCS(=O)(=O)N1NC(c2cccs2)=C[C@H]1c1cc2cc(C)ccc2nc1Cl. The molecule has 3 heterocycles. The highest BCUT2D eigenvalue weighted by atomic mass is 35.5. The molecule has 2 aromatic heterocycles. The van der Waals surface area contributed by atoms with Crippen LogP contribution in [0.25, 0.3) is 16.6 Å². The fourth-order valence-electron chi connectivity index (χ4n) is 3.11. The van der Waals surface area contributed by atoms with Crippen LogP contribution in [-0.2, 0) is 10.0 Å². The van der Waals surface area contributed by atoms with E-state index in [2.05, 4.69) is 10.4 Å². The van der Waals surface area contributed by atoms with E-state index in [4.69, 9.17) is 11.6 Å². The normalized spacial score (nSPS) is 17.9. The molecule has 0 spiro atoms. The summed E-state index contributed by atoms with van der Waals surface area (Å²) in [6.07, 6.45) is 1.89. The molecule has 0 bridgehead atoms. The molecule has 1 aromatic carbocycles. The highest BCUT2D eigenvalue weighted by molar-refractivity contribution is 7.89. The summed E-state index contributed by atoms with van der Waals surface area (Å²) in [6, 6.07) is 11.2. The van der Waals surface area contributed by atoms with Crippen molar-refractivity contribution in [3.8, 4) is 0 Å². The number of aromatic nitrogens is 1.